The molecular weight excluding hydrogens is 372 g/mol. The smallest absolute Gasteiger partial charge is 0.328 e. The molecule has 0 saturated heterocycles. The standard InChI is InChI=1S/C18H20N2O.C4H4O4/c1-12-8-9-15-17(13(12)2)20(11-5-10-19)16-7-4-3-6-14(16)18(15)21;5-3(6)1-2-4(7)8/h3-4,6-9H,5,10-11,19H2,1-2H3;1-2H,(H,5,6)(H,7,8)/b;2-1+. The van der Waals surface area contributed by atoms with E-state index in [1.54, 1.807) is 0 Å². The first kappa shape index (κ1) is 21.8. The molecule has 0 bridgehead atoms. The van der Waals surface area contributed by atoms with Gasteiger partial charge in [-0.15, -0.1) is 0 Å². The van der Waals surface area contributed by atoms with Crippen LogP contribution in [0.25, 0.3) is 21.8 Å². The molecule has 7 heteroatoms. The Morgan fingerprint density at radius 2 is 1.62 bits per heavy atom. The molecule has 0 aliphatic rings. The van der Waals surface area contributed by atoms with Crippen molar-refractivity contribution in [1.82, 2.24) is 4.57 Å². The Hall–Kier alpha value is -3.45. The first-order valence-corrected chi connectivity index (χ1v) is 9.13. The highest BCUT2D eigenvalue weighted by molar-refractivity contribution is 5.95. The topological polar surface area (TPSA) is 123 Å². The molecule has 3 rings (SSSR count). The van der Waals surface area contributed by atoms with Crippen molar-refractivity contribution in [1.29, 1.82) is 0 Å². The molecule has 0 radical (unpaired) electrons. The van der Waals surface area contributed by atoms with Gasteiger partial charge in [-0.05, 0) is 56.1 Å². The molecule has 0 aliphatic heterocycles. The van der Waals surface area contributed by atoms with Crippen molar-refractivity contribution in [2.75, 3.05) is 6.54 Å². The molecule has 29 heavy (non-hydrogen) atoms. The van der Waals surface area contributed by atoms with Crippen molar-refractivity contribution in [2.24, 2.45) is 5.73 Å². The van der Waals surface area contributed by atoms with E-state index >= 15 is 0 Å². The molecule has 0 amide bonds. The van der Waals surface area contributed by atoms with Crippen LogP contribution < -0.4 is 11.2 Å². The van der Waals surface area contributed by atoms with Crippen LogP contribution in [0.1, 0.15) is 17.5 Å². The maximum Gasteiger partial charge on any atom is 0.328 e. The van der Waals surface area contributed by atoms with Gasteiger partial charge in [-0.1, -0.05) is 18.2 Å². The van der Waals surface area contributed by atoms with E-state index in [1.807, 2.05) is 36.4 Å². The van der Waals surface area contributed by atoms with Gasteiger partial charge in [-0.3, -0.25) is 4.79 Å². The fourth-order valence-corrected chi connectivity index (χ4v) is 3.12. The number of rotatable bonds is 5. The maximum absolute atomic E-state index is 12.7. The average Bonchev–Trinajstić information content (AvgIpc) is 2.69. The van der Waals surface area contributed by atoms with Crippen LogP contribution in [0.3, 0.4) is 0 Å². The summed E-state index contributed by atoms with van der Waals surface area (Å²) in [5.74, 6) is -2.51. The fourth-order valence-electron chi connectivity index (χ4n) is 3.12. The summed E-state index contributed by atoms with van der Waals surface area (Å²) < 4.78 is 2.25. The molecule has 1 heterocycles. The van der Waals surface area contributed by atoms with Crippen LogP contribution in [0, 0.1) is 13.8 Å². The van der Waals surface area contributed by atoms with Crippen LogP contribution >= 0.6 is 0 Å². The van der Waals surface area contributed by atoms with E-state index in [2.05, 4.69) is 18.4 Å². The summed E-state index contributed by atoms with van der Waals surface area (Å²) in [6.07, 6.45) is 2.01. The summed E-state index contributed by atoms with van der Waals surface area (Å²) in [4.78, 5) is 31.8. The second kappa shape index (κ2) is 9.66. The van der Waals surface area contributed by atoms with Crippen molar-refractivity contribution in [3.63, 3.8) is 0 Å². The second-order valence-electron chi connectivity index (χ2n) is 6.55. The summed E-state index contributed by atoms with van der Waals surface area (Å²) in [5, 5.41) is 17.2. The predicted octanol–water partition coefficient (Wildman–Crippen LogP) is 2.83. The van der Waals surface area contributed by atoms with Crippen LogP contribution in [0.2, 0.25) is 0 Å². The average molecular weight is 396 g/mol. The first-order chi connectivity index (χ1) is 13.8. The number of aryl methyl sites for hydroxylation is 3. The SMILES string of the molecule is Cc1ccc2c(=O)c3ccccc3n(CCCN)c2c1C.O=C(O)/C=C/C(=O)O. The third kappa shape index (κ3) is 5.08. The van der Waals surface area contributed by atoms with Gasteiger partial charge in [0.15, 0.2) is 5.43 Å². The van der Waals surface area contributed by atoms with Gasteiger partial charge in [0.1, 0.15) is 0 Å². The Labute approximate surface area is 167 Å². The lowest BCUT2D eigenvalue weighted by atomic mass is 10.0. The van der Waals surface area contributed by atoms with Gasteiger partial charge in [0.25, 0.3) is 0 Å². The number of hydrogen-bond donors (Lipinski definition) is 3. The zero-order valence-electron chi connectivity index (χ0n) is 16.4. The van der Waals surface area contributed by atoms with Crippen molar-refractivity contribution in [2.45, 2.75) is 26.8 Å². The Morgan fingerprint density at radius 1 is 1.00 bits per heavy atom. The number of nitrogens with two attached hydrogens (primary N) is 1. The summed E-state index contributed by atoms with van der Waals surface area (Å²) >= 11 is 0. The number of para-hydroxylation sites is 1. The molecule has 152 valence electrons. The molecule has 0 aliphatic carbocycles. The lowest BCUT2D eigenvalue weighted by Gasteiger charge is -2.17. The Balaban J connectivity index is 0.000000321. The Bertz CT molecular complexity index is 1130. The normalized spacial score (nSPS) is 10.9. The summed E-state index contributed by atoms with van der Waals surface area (Å²) in [6, 6.07) is 11.8. The van der Waals surface area contributed by atoms with E-state index in [-0.39, 0.29) is 5.43 Å². The largest absolute Gasteiger partial charge is 0.478 e. The van der Waals surface area contributed by atoms with Gasteiger partial charge in [0.05, 0.1) is 11.0 Å². The number of aromatic nitrogens is 1. The highest BCUT2D eigenvalue weighted by atomic mass is 16.4. The van der Waals surface area contributed by atoms with Crippen LogP contribution in [-0.4, -0.2) is 33.3 Å². The number of benzene rings is 2. The number of aliphatic carboxylic acids is 2. The van der Waals surface area contributed by atoms with E-state index in [9.17, 15) is 14.4 Å². The molecule has 3 aromatic rings. The van der Waals surface area contributed by atoms with E-state index < -0.39 is 11.9 Å². The first-order valence-electron chi connectivity index (χ1n) is 9.13. The van der Waals surface area contributed by atoms with Gasteiger partial charge in [-0.25, -0.2) is 9.59 Å². The predicted molar refractivity (Wildman–Crippen MR) is 113 cm³/mol. The van der Waals surface area contributed by atoms with Gasteiger partial charge >= 0.3 is 11.9 Å². The van der Waals surface area contributed by atoms with Crippen LogP contribution in [0.15, 0.2) is 53.3 Å². The second-order valence-corrected chi connectivity index (χ2v) is 6.55. The molecule has 7 nitrogen and oxygen atoms in total. The van der Waals surface area contributed by atoms with Crippen LogP contribution in [-0.2, 0) is 16.1 Å². The minimum Gasteiger partial charge on any atom is -0.478 e. The number of fused-ring (bicyclic) bond motifs is 2. The molecule has 0 saturated carbocycles. The van der Waals surface area contributed by atoms with E-state index in [4.69, 9.17) is 15.9 Å². The van der Waals surface area contributed by atoms with E-state index in [0.29, 0.717) is 18.7 Å². The number of carboxylic acid groups (broad SMARTS) is 2. The quantitative estimate of drug-likeness (QED) is 0.450. The molecule has 2 aromatic carbocycles. The van der Waals surface area contributed by atoms with Crippen molar-refractivity contribution >= 4 is 33.7 Å². The van der Waals surface area contributed by atoms with Gasteiger partial charge in [0.2, 0.25) is 0 Å². The van der Waals surface area contributed by atoms with Gasteiger partial charge in [0, 0.05) is 29.5 Å². The maximum atomic E-state index is 12.7. The summed E-state index contributed by atoms with van der Waals surface area (Å²) in [6.45, 7) is 5.65. The number of nitrogens with zero attached hydrogens (tertiary/aromatic N) is 1. The molecule has 0 spiro atoms. The molecule has 4 N–H and O–H groups in total. The minimum absolute atomic E-state index is 0.118. The van der Waals surface area contributed by atoms with Crippen LogP contribution in [0.5, 0.6) is 0 Å². The molecule has 0 unspecified atom stereocenters. The van der Waals surface area contributed by atoms with E-state index in [1.165, 1.54) is 11.1 Å². The zero-order valence-corrected chi connectivity index (χ0v) is 16.4. The lowest BCUT2D eigenvalue weighted by molar-refractivity contribution is -0.134. The molecule has 1 aromatic heterocycles. The molecule has 0 fully saturated rings. The molecular formula is C22H24N2O5. The van der Waals surface area contributed by atoms with Gasteiger partial charge in [-0.2, -0.15) is 0 Å². The highest BCUT2D eigenvalue weighted by Gasteiger charge is 2.12. The number of hydrogen-bond acceptors (Lipinski definition) is 4. The van der Waals surface area contributed by atoms with E-state index in [0.717, 1.165) is 34.8 Å². The third-order valence-electron chi connectivity index (χ3n) is 4.61. The fraction of sp³-hybridized carbons (Fsp3) is 0.227. The highest BCUT2D eigenvalue weighted by Crippen LogP contribution is 2.24. The van der Waals surface area contributed by atoms with Crippen LogP contribution in [0.4, 0.5) is 0 Å². The Morgan fingerprint density at radius 3 is 2.21 bits per heavy atom. The number of pyridine rings is 1. The minimum atomic E-state index is -1.26. The molecule has 0 atom stereocenters. The van der Waals surface area contributed by atoms with Gasteiger partial charge < -0.3 is 20.5 Å². The van der Waals surface area contributed by atoms with Crippen molar-refractivity contribution < 1.29 is 19.8 Å². The lowest BCUT2D eigenvalue weighted by Crippen LogP contribution is -2.14. The number of carbonyl (C=O) groups is 2. The summed E-state index contributed by atoms with van der Waals surface area (Å²) in [7, 11) is 0. The number of carboxylic acids is 2. The third-order valence-corrected chi connectivity index (χ3v) is 4.61. The Kier molecular flexibility index (Phi) is 7.27. The van der Waals surface area contributed by atoms with Crippen molar-refractivity contribution in [3.05, 3.63) is 69.9 Å². The zero-order chi connectivity index (χ0) is 21.6. The van der Waals surface area contributed by atoms with Crippen molar-refractivity contribution in [3.8, 4) is 0 Å². The summed E-state index contributed by atoms with van der Waals surface area (Å²) in [5.41, 5.74) is 10.2. The monoisotopic (exact) mass is 396 g/mol.